The largest absolute Gasteiger partial charge is 0.507 e. The van der Waals surface area contributed by atoms with Crippen LogP contribution in [-0.2, 0) is 0 Å². The number of benzene rings is 2. The van der Waals surface area contributed by atoms with Crippen LogP contribution in [0, 0.1) is 0 Å². The van der Waals surface area contributed by atoms with Crippen molar-refractivity contribution in [2.75, 3.05) is 5.32 Å². The van der Waals surface area contributed by atoms with Crippen molar-refractivity contribution in [2.24, 2.45) is 5.10 Å². The van der Waals surface area contributed by atoms with Gasteiger partial charge in [-0.1, -0.05) is 34.1 Å². The molecule has 0 aliphatic heterocycles. The third-order valence-electron chi connectivity index (χ3n) is 2.39. The molecule has 20 heavy (non-hydrogen) atoms. The van der Waals surface area contributed by atoms with Crippen molar-refractivity contribution in [2.45, 2.75) is 0 Å². The molecular weight excluding hydrogens is 338 g/mol. The maximum absolute atomic E-state index is 9.57. The van der Waals surface area contributed by atoms with E-state index in [1.807, 2.05) is 30.3 Å². The minimum absolute atomic E-state index is 0.170. The summed E-state index contributed by atoms with van der Waals surface area (Å²) in [7, 11) is 0. The fraction of sp³-hybridized carbons (Fsp3) is 0. The van der Waals surface area contributed by atoms with Crippen molar-refractivity contribution < 1.29 is 5.11 Å². The molecule has 0 saturated carbocycles. The van der Waals surface area contributed by atoms with Gasteiger partial charge in [-0.15, -0.1) is 0 Å². The first-order chi connectivity index (χ1) is 9.65. The molecule has 6 heteroatoms. The van der Waals surface area contributed by atoms with Crippen molar-refractivity contribution in [1.29, 1.82) is 0 Å². The van der Waals surface area contributed by atoms with Crippen LogP contribution in [0.5, 0.6) is 5.75 Å². The Bertz CT molecular complexity index is 646. The zero-order chi connectivity index (χ0) is 14.4. The summed E-state index contributed by atoms with van der Waals surface area (Å²) in [6.07, 6.45) is 1.50. The summed E-state index contributed by atoms with van der Waals surface area (Å²) in [4.78, 5) is 0. The highest BCUT2D eigenvalue weighted by Crippen LogP contribution is 2.15. The normalized spacial score (nSPS) is 10.4. The molecule has 102 valence electrons. The third kappa shape index (κ3) is 4.32. The van der Waals surface area contributed by atoms with Crippen LogP contribution in [0.3, 0.4) is 0 Å². The zero-order valence-electron chi connectivity index (χ0n) is 10.4. The lowest BCUT2D eigenvalue weighted by Gasteiger charge is -2.07. The summed E-state index contributed by atoms with van der Waals surface area (Å²) >= 11 is 8.50. The molecule has 0 radical (unpaired) electrons. The van der Waals surface area contributed by atoms with E-state index < -0.39 is 0 Å². The minimum Gasteiger partial charge on any atom is -0.507 e. The number of rotatable bonds is 3. The highest BCUT2D eigenvalue weighted by atomic mass is 79.9. The van der Waals surface area contributed by atoms with E-state index in [1.165, 1.54) is 6.21 Å². The van der Waals surface area contributed by atoms with Gasteiger partial charge in [-0.05, 0) is 42.5 Å². The van der Waals surface area contributed by atoms with E-state index in [-0.39, 0.29) is 5.75 Å². The number of para-hydroxylation sites is 1. The third-order valence-corrected chi connectivity index (χ3v) is 3.08. The molecule has 0 atom stereocenters. The van der Waals surface area contributed by atoms with Gasteiger partial charge in [0.05, 0.1) is 6.21 Å². The topological polar surface area (TPSA) is 56.7 Å². The summed E-state index contributed by atoms with van der Waals surface area (Å²) in [5.41, 5.74) is 4.16. The molecule has 0 aliphatic rings. The van der Waals surface area contributed by atoms with Gasteiger partial charge in [0.1, 0.15) is 5.75 Å². The van der Waals surface area contributed by atoms with Gasteiger partial charge in [-0.2, -0.15) is 5.10 Å². The average molecular weight is 350 g/mol. The molecule has 0 bridgehead atoms. The van der Waals surface area contributed by atoms with Gasteiger partial charge in [0.15, 0.2) is 5.11 Å². The fourth-order valence-corrected chi connectivity index (χ4v) is 2.05. The highest BCUT2D eigenvalue weighted by Gasteiger charge is 1.97. The lowest BCUT2D eigenvalue weighted by Crippen LogP contribution is -2.23. The Morgan fingerprint density at radius 2 is 2.00 bits per heavy atom. The molecule has 0 spiro atoms. The highest BCUT2D eigenvalue weighted by molar-refractivity contribution is 9.10. The second-order valence-corrected chi connectivity index (χ2v) is 5.22. The number of nitrogens with zero attached hydrogens (tertiary/aromatic N) is 1. The Morgan fingerprint density at radius 1 is 1.20 bits per heavy atom. The van der Waals surface area contributed by atoms with E-state index in [9.17, 15) is 5.11 Å². The number of hydrazone groups is 1. The number of thiocarbonyl (C=S) groups is 1. The van der Waals surface area contributed by atoms with Gasteiger partial charge in [0, 0.05) is 15.7 Å². The lowest BCUT2D eigenvalue weighted by atomic mass is 10.2. The quantitative estimate of drug-likeness (QED) is 0.451. The van der Waals surface area contributed by atoms with Crippen LogP contribution in [0.4, 0.5) is 5.69 Å². The minimum atomic E-state index is 0.170. The number of hydrogen-bond acceptors (Lipinski definition) is 3. The zero-order valence-corrected chi connectivity index (χ0v) is 12.8. The number of aromatic hydroxyl groups is 1. The first-order valence-corrected chi connectivity index (χ1v) is 6.99. The number of phenols is 1. The molecule has 0 unspecified atom stereocenters. The number of phenolic OH excluding ortho intramolecular Hbond substituents is 1. The van der Waals surface area contributed by atoms with Crippen LogP contribution < -0.4 is 10.7 Å². The van der Waals surface area contributed by atoms with Crippen LogP contribution in [-0.4, -0.2) is 16.4 Å². The first-order valence-electron chi connectivity index (χ1n) is 5.79. The van der Waals surface area contributed by atoms with Crippen molar-refractivity contribution in [1.82, 2.24) is 5.43 Å². The van der Waals surface area contributed by atoms with Gasteiger partial charge < -0.3 is 10.4 Å². The summed E-state index contributed by atoms with van der Waals surface area (Å²) in [5, 5.41) is 16.9. The summed E-state index contributed by atoms with van der Waals surface area (Å²) < 4.78 is 0.961. The van der Waals surface area contributed by atoms with E-state index in [0.29, 0.717) is 10.7 Å². The van der Waals surface area contributed by atoms with Crippen LogP contribution >= 0.6 is 28.1 Å². The molecule has 0 aromatic heterocycles. The van der Waals surface area contributed by atoms with Crippen LogP contribution in [0.2, 0.25) is 0 Å². The second-order valence-electron chi connectivity index (χ2n) is 3.89. The van der Waals surface area contributed by atoms with Crippen molar-refractivity contribution in [3.05, 3.63) is 58.6 Å². The Hall–Kier alpha value is -1.92. The Kier molecular flexibility index (Phi) is 5.09. The van der Waals surface area contributed by atoms with Gasteiger partial charge in [0.25, 0.3) is 0 Å². The molecule has 0 fully saturated rings. The number of hydrogen-bond donors (Lipinski definition) is 3. The van der Waals surface area contributed by atoms with E-state index in [2.05, 4.69) is 31.8 Å². The molecule has 0 heterocycles. The standard InChI is InChI=1S/C14H12BrN3OS/c15-11-5-3-6-12(8-11)17-14(20)18-16-9-10-4-1-2-7-13(10)19/h1-9,19H,(H2,17,18,20)/b16-9+. The SMILES string of the molecule is Oc1ccccc1/C=N/NC(=S)Nc1cccc(Br)c1. The average Bonchev–Trinajstić information content (AvgIpc) is 2.41. The van der Waals surface area contributed by atoms with Crippen LogP contribution in [0.1, 0.15) is 5.56 Å². The summed E-state index contributed by atoms with van der Waals surface area (Å²) in [6.45, 7) is 0. The number of nitrogens with one attached hydrogen (secondary N) is 2. The summed E-state index contributed by atoms with van der Waals surface area (Å²) in [6, 6.07) is 14.5. The molecule has 0 amide bonds. The Morgan fingerprint density at radius 3 is 2.75 bits per heavy atom. The second kappa shape index (κ2) is 7.02. The monoisotopic (exact) mass is 349 g/mol. The van der Waals surface area contributed by atoms with Crippen molar-refractivity contribution in [3.63, 3.8) is 0 Å². The van der Waals surface area contributed by atoms with Gasteiger partial charge in [-0.3, -0.25) is 5.43 Å². The molecule has 0 aliphatic carbocycles. The molecule has 2 aromatic rings. The van der Waals surface area contributed by atoms with Crippen molar-refractivity contribution >= 4 is 45.2 Å². The maximum Gasteiger partial charge on any atom is 0.191 e. The number of halogens is 1. The van der Waals surface area contributed by atoms with E-state index in [0.717, 1.165) is 10.2 Å². The van der Waals surface area contributed by atoms with Crippen LogP contribution in [0.25, 0.3) is 0 Å². The predicted molar refractivity (Wildman–Crippen MR) is 89.2 cm³/mol. The molecule has 3 N–H and O–H groups in total. The lowest BCUT2D eigenvalue weighted by molar-refractivity contribution is 0.474. The predicted octanol–water partition coefficient (Wildman–Crippen LogP) is 3.48. The van der Waals surface area contributed by atoms with E-state index in [1.54, 1.807) is 18.2 Å². The van der Waals surface area contributed by atoms with Gasteiger partial charge in [-0.25, -0.2) is 0 Å². The Labute approximate surface area is 130 Å². The summed E-state index contributed by atoms with van der Waals surface area (Å²) in [5.74, 6) is 0.170. The molecule has 2 aromatic carbocycles. The maximum atomic E-state index is 9.57. The molecule has 0 saturated heterocycles. The molecule has 4 nitrogen and oxygen atoms in total. The first kappa shape index (κ1) is 14.5. The van der Waals surface area contributed by atoms with Gasteiger partial charge in [0.2, 0.25) is 0 Å². The smallest absolute Gasteiger partial charge is 0.191 e. The van der Waals surface area contributed by atoms with E-state index in [4.69, 9.17) is 12.2 Å². The molecular formula is C14H12BrN3OS. The van der Waals surface area contributed by atoms with Crippen molar-refractivity contribution in [3.8, 4) is 5.75 Å². The van der Waals surface area contributed by atoms with E-state index >= 15 is 0 Å². The molecule has 2 rings (SSSR count). The fourth-order valence-electron chi connectivity index (χ4n) is 1.48. The Balaban J connectivity index is 1.91. The van der Waals surface area contributed by atoms with Gasteiger partial charge >= 0.3 is 0 Å². The van der Waals surface area contributed by atoms with Crippen LogP contribution in [0.15, 0.2) is 58.1 Å². The number of anilines is 1.